The molecule has 0 amide bonds. The van der Waals surface area contributed by atoms with Crippen LogP contribution in [0, 0.1) is 11.3 Å². The zero-order valence-electron chi connectivity index (χ0n) is 15.0. The Morgan fingerprint density at radius 2 is 1.75 bits per heavy atom. The summed E-state index contributed by atoms with van der Waals surface area (Å²) < 4.78 is 11.7. The molecule has 0 aliphatic carbocycles. The van der Waals surface area contributed by atoms with Gasteiger partial charge >= 0.3 is 0 Å². The fourth-order valence-corrected chi connectivity index (χ4v) is 3.35. The first-order valence-electron chi connectivity index (χ1n) is 8.83. The third-order valence-electron chi connectivity index (χ3n) is 4.67. The Bertz CT molecular complexity index is 1080. The van der Waals surface area contributed by atoms with Gasteiger partial charge in [-0.15, -0.1) is 0 Å². The van der Waals surface area contributed by atoms with Crippen molar-refractivity contribution in [1.29, 1.82) is 5.26 Å². The van der Waals surface area contributed by atoms with Gasteiger partial charge in [-0.3, -0.25) is 0 Å². The molecule has 138 valence electrons. The number of ether oxygens (including phenoxy) is 2. The number of nitriles is 1. The second-order valence-corrected chi connectivity index (χ2v) is 6.46. The van der Waals surface area contributed by atoms with Gasteiger partial charge in [0.1, 0.15) is 35.5 Å². The lowest BCUT2D eigenvalue weighted by atomic mass is 9.83. The molecule has 0 saturated carbocycles. The van der Waals surface area contributed by atoms with Crippen LogP contribution in [0.5, 0.6) is 17.2 Å². The minimum absolute atomic E-state index is 0.0310. The standard InChI is InChI=1S/C23H18N2O3/c24-13-19-22(18-11-10-16(26)12-21(18)28-23(19)25)17-8-4-5-9-20(17)27-14-15-6-2-1-3-7-15/h1-12,22,26H,14,25H2/t22-/m1/s1. The van der Waals surface area contributed by atoms with Crippen molar-refractivity contribution in [3.05, 3.63) is 101 Å². The Labute approximate surface area is 162 Å². The summed E-state index contributed by atoms with van der Waals surface area (Å²) in [5, 5.41) is 19.5. The van der Waals surface area contributed by atoms with Crippen LogP contribution in [0.2, 0.25) is 0 Å². The van der Waals surface area contributed by atoms with Gasteiger partial charge in [0.15, 0.2) is 0 Å². The van der Waals surface area contributed by atoms with Crippen LogP contribution in [0.15, 0.2) is 84.3 Å². The third-order valence-corrected chi connectivity index (χ3v) is 4.67. The summed E-state index contributed by atoms with van der Waals surface area (Å²) in [6.07, 6.45) is 0. The summed E-state index contributed by atoms with van der Waals surface area (Å²) >= 11 is 0. The van der Waals surface area contributed by atoms with E-state index in [2.05, 4.69) is 6.07 Å². The molecule has 1 aliphatic heterocycles. The van der Waals surface area contributed by atoms with Gasteiger partial charge < -0.3 is 20.3 Å². The van der Waals surface area contributed by atoms with Gasteiger partial charge in [-0.25, -0.2) is 0 Å². The number of nitrogens with two attached hydrogens (primary N) is 1. The summed E-state index contributed by atoms with van der Waals surface area (Å²) in [5.74, 6) is 0.751. The van der Waals surface area contributed by atoms with Crippen LogP contribution in [-0.2, 0) is 6.61 Å². The number of hydrogen-bond acceptors (Lipinski definition) is 5. The SMILES string of the molecule is N#CC1=C(N)Oc2cc(O)ccc2[C@H]1c1ccccc1OCc1ccccc1. The van der Waals surface area contributed by atoms with Crippen molar-refractivity contribution in [3.8, 4) is 23.3 Å². The number of allylic oxidation sites excluding steroid dienone is 1. The molecular weight excluding hydrogens is 352 g/mol. The van der Waals surface area contributed by atoms with Gasteiger partial charge in [0.05, 0.1) is 5.92 Å². The fourth-order valence-electron chi connectivity index (χ4n) is 3.35. The Hall–Kier alpha value is -3.91. The van der Waals surface area contributed by atoms with Crippen molar-refractivity contribution in [2.45, 2.75) is 12.5 Å². The maximum Gasteiger partial charge on any atom is 0.205 e. The number of phenolic OH excluding ortho intramolecular Hbond substituents is 1. The van der Waals surface area contributed by atoms with E-state index in [9.17, 15) is 10.4 Å². The number of phenols is 1. The van der Waals surface area contributed by atoms with E-state index >= 15 is 0 Å². The van der Waals surface area contributed by atoms with Gasteiger partial charge in [-0.05, 0) is 17.7 Å². The van der Waals surface area contributed by atoms with E-state index in [4.69, 9.17) is 15.2 Å². The molecule has 28 heavy (non-hydrogen) atoms. The second kappa shape index (κ2) is 7.37. The Morgan fingerprint density at radius 3 is 2.54 bits per heavy atom. The Kier molecular flexibility index (Phi) is 4.61. The predicted molar refractivity (Wildman–Crippen MR) is 105 cm³/mol. The molecule has 0 spiro atoms. The Balaban J connectivity index is 1.77. The second-order valence-electron chi connectivity index (χ2n) is 6.46. The van der Waals surface area contributed by atoms with Crippen LogP contribution < -0.4 is 15.2 Å². The number of nitrogens with zero attached hydrogens (tertiary/aromatic N) is 1. The molecule has 0 saturated heterocycles. The van der Waals surface area contributed by atoms with Crippen molar-refractivity contribution in [3.63, 3.8) is 0 Å². The van der Waals surface area contributed by atoms with E-state index < -0.39 is 5.92 Å². The third kappa shape index (κ3) is 3.24. The van der Waals surface area contributed by atoms with E-state index in [1.165, 1.54) is 6.07 Å². The highest BCUT2D eigenvalue weighted by Crippen LogP contribution is 2.45. The van der Waals surface area contributed by atoms with Gasteiger partial charge in [-0.1, -0.05) is 54.6 Å². The number of hydrogen-bond donors (Lipinski definition) is 2. The maximum absolute atomic E-state index is 9.79. The maximum atomic E-state index is 9.79. The molecule has 1 heterocycles. The molecule has 4 rings (SSSR count). The topological polar surface area (TPSA) is 88.5 Å². The van der Waals surface area contributed by atoms with Crippen molar-refractivity contribution in [2.75, 3.05) is 0 Å². The van der Waals surface area contributed by atoms with Crippen LogP contribution in [0.25, 0.3) is 0 Å². The van der Waals surface area contributed by atoms with E-state index in [1.54, 1.807) is 12.1 Å². The van der Waals surface area contributed by atoms with Gasteiger partial charge in [0.2, 0.25) is 5.88 Å². The molecule has 0 aromatic heterocycles. The summed E-state index contributed by atoms with van der Waals surface area (Å²) in [6.45, 7) is 0.407. The molecule has 0 fully saturated rings. The van der Waals surface area contributed by atoms with Crippen molar-refractivity contribution in [1.82, 2.24) is 0 Å². The van der Waals surface area contributed by atoms with Gasteiger partial charge in [0.25, 0.3) is 0 Å². The Morgan fingerprint density at radius 1 is 1.00 bits per heavy atom. The molecule has 3 aromatic rings. The van der Waals surface area contributed by atoms with Gasteiger partial charge in [0, 0.05) is 17.2 Å². The molecule has 0 unspecified atom stereocenters. The van der Waals surface area contributed by atoms with Crippen molar-refractivity contribution in [2.24, 2.45) is 5.73 Å². The number of benzene rings is 3. The van der Waals surface area contributed by atoms with Crippen molar-refractivity contribution < 1.29 is 14.6 Å². The molecule has 1 atom stereocenters. The summed E-state index contributed by atoms with van der Waals surface area (Å²) in [4.78, 5) is 0. The molecular formula is C23H18N2O3. The number of aromatic hydroxyl groups is 1. The lowest BCUT2D eigenvalue weighted by Crippen LogP contribution is -2.21. The molecule has 0 bridgehead atoms. The number of fused-ring (bicyclic) bond motifs is 1. The van der Waals surface area contributed by atoms with E-state index in [0.29, 0.717) is 23.7 Å². The molecule has 1 aliphatic rings. The first-order valence-corrected chi connectivity index (χ1v) is 8.83. The van der Waals surface area contributed by atoms with Crippen LogP contribution in [0.1, 0.15) is 22.6 Å². The summed E-state index contributed by atoms with van der Waals surface area (Å²) in [7, 11) is 0. The lowest BCUT2D eigenvalue weighted by Gasteiger charge is -2.27. The quantitative estimate of drug-likeness (QED) is 0.719. The fraction of sp³-hybridized carbons (Fsp3) is 0.0870. The molecule has 3 aromatic carbocycles. The average Bonchev–Trinajstić information content (AvgIpc) is 2.72. The minimum Gasteiger partial charge on any atom is -0.508 e. The first-order chi connectivity index (χ1) is 13.7. The van der Waals surface area contributed by atoms with E-state index in [1.807, 2.05) is 54.6 Å². The largest absolute Gasteiger partial charge is 0.508 e. The first kappa shape index (κ1) is 17.5. The predicted octanol–water partition coefficient (Wildman–Crippen LogP) is 4.19. The average molecular weight is 370 g/mol. The highest BCUT2D eigenvalue weighted by atomic mass is 16.5. The minimum atomic E-state index is -0.443. The van der Waals surface area contributed by atoms with Crippen LogP contribution >= 0.6 is 0 Å². The zero-order chi connectivity index (χ0) is 19.5. The summed E-state index contributed by atoms with van der Waals surface area (Å²) in [5.41, 5.74) is 8.93. The van der Waals surface area contributed by atoms with E-state index in [-0.39, 0.29) is 11.6 Å². The molecule has 3 N–H and O–H groups in total. The van der Waals surface area contributed by atoms with Crippen LogP contribution in [0.3, 0.4) is 0 Å². The number of para-hydroxylation sites is 1. The molecule has 5 heteroatoms. The lowest BCUT2D eigenvalue weighted by molar-refractivity contribution is 0.301. The normalized spacial score (nSPS) is 15.3. The monoisotopic (exact) mass is 370 g/mol. The van der Waals surface area contributed by atoms with E-state index in [0.717, 1.165) is 16.7 Å². The van der Waals surface area contributed by atoms with Crippen LogP contribution in [-0.4, -0.2) is 5.11 Å². The van der Waals surface area contributed by atoms with Crippen LogP contribution in [0.4, 0.5) is 0 Å². The molecule has 0 radical (unpaired) electrons. The molecule has 5 nitrogen and oxygen atoms in total. The zero-order valence-corrected chi connectivity index (χ0v) is 15.0. The van der Waals surface area contributed by atoms with Crippen molar-refractivity contribution >= 4 is 0 Å². The highest BCUT2D eigenvalue weighted by molar-refractivity contribution is 5.59. The smallest absolute Gasteiger partial charge is 0.205 e. The highest BCUT2D eigenvalue weighted by Gasteiger charge is 2.32. The van der Waals surface area contributed by atoms with Gasteiger partial charge in [-0.2, -0.15) is 5.26 Å². The summed E-state index contributed by atoms with van der Waals surface area (Å²) in [6, 6.07) is 24.4. The number of rotatable bonds is 4.